The van der Waals surface area contributed by atoms with Crippen LogP contribution in [0.5, 0.6) is 0 Å². The van der Waals surface area contributed by atoms with Crippen molar-refractivity contribution in [1.29, 1.82) is 5.26 Å². The van der Waals surface area contributed by atoms with Gasteiger partial charge in [0.15, 0.2) is 0 Å². The molecule has 0 saturated heterocycles. The van der Waals surface area contributed by atoms with Crippen molar-refractivity contribution in [1.82, 2.24) is 0 Å². The standard InChI is InChI=1S/C14H10FN3O2/c1-17(12-4-2-3-11(15)7-12)13-6-5-10(9-16)14(8-13)18(19)20/h2-8H,1H3. The Bertz CT molecular complexity index is 710. The van der Waals surface area contributed by atoms with E-state index in [0.717, 1.165) is 0 Å². The average Bonchev–Trinajstić information content (AvgIpc) is 2.45. The van der Waals surface area contributed by atoms with Crippen LogP contribution in [0.2, 0.25) is 0 Å². The van der Waals surface area contributed by atoms with Crippen molar-refractivity contribution >= 4 is 17.1 Å². The smallest absolute Gasteiger partial charge is 0.289 e. The summed E-state index contributed by atoms with van der Waals surface area (Å²) >= 11 is 0. The molecule has 0 radical (unpaired) electrons. The maximum Gasteiger partial charge on any atom is 0.289 e. The first-order chi connectivity index (χ1) is 9.52. The molecule has 5 nitrogen and oxygen atoms in total. The van der Waals surface area contributed by atoms with E-state index < -0.39 is 10.7 Å². The largest absolute Gasteiger partial charge is 0.344 e. The number of nitro benzene ring substituents is 1. The van der Waals surface area contributed by atoms with Gasteiger partial charge >= 0.3 is 0 Å². The lowest BCUT2D eigenvalue weighted by Gasteiger charge is -2.19. The number of nitriles is 1. The van der Waals surface area contributed by atoms with Crippen molar-refractivity contribution in [3.05, 3.63) is 64.0 Å². The second-order valence-electron chi connectivity index (χ2n) is 4.11. The molecule has 0 aliphatic heterocycles. The van der Waals surface area contributed by atoms with Gasteiger partial charge in [0, 0.05) is 24.5 Å². The van der Waals surface area contributed by atoms with E-state index in [1.54, 1.807) is 36.2 Å². The van der Waals surface area contributed by atoms with Crippen molar-refractivity contribution in [3.63, 3.8) is 0 Å². The van der Waals surface area contributed by atoms with Gasteiger partial charge in [-0.3, -0.25) is 10.1 Å². The third-order valence-corrected chi connectivity index (χ3v) is 2.88. The number of hydrogen-bond donors (Lipinski definition) is 0. The van der Waals surface area contributed by atoms with Crippen LogP contribution in [0.4, 0.5) is 21.5 Å². The monoisotopic (exact) mass is 271 g/mol. The van der Waals surface area contributed by atoms with Crippen molar-refractivity contribution in [3.8, 4) is 6.07 Å². The Morgan fingerprint density at radius 3 is 2.55 bits per heavy atom. The van der Waals surface area contributed by atoms with Crippen LogP contribution in [0.3, 0.4) is 0 Å². The van der Waals surface area contributed by atoms with Crippen molar-refractivity contribution in [2.24, 2.45) is 0 Å². The fourth-order valence-electron chi connectivity index (χ4n) is 1.81. The molecule has 0 saturated carbocycles. The van der Waals surface area contributed by atoms with E-state index in [0.29, 0.717) is 11.4 Å². The van der Waals surface area contributed by atoms with Crippen LogP contribution in [-0.2, 0) is 0 Å². The highest BCUT2D eigenvalue weighted by Crippen LogP contribution is 2.29. The predicted molar refractivity (Wildman–Crippen MR) is 72.3 cm³/mol. The summed E-state index contributed by atoms with van der Waals surface area (Å²) in [5, 5.41) is 19.8. The van der Waals surface area contributed by atoms with Crippen LogP contribution in [0.25, 0.3) is 0 Å². The number of benzene rings is 2. The molecule has 0 unspecified atom stereocenters. The number of anilines is 2. The molecular weight excluding hydrogens is 261 g/mol. The predicted octanol–water partition coefficient (Wildman–Crippen LogP) is 3.37. The molecule has 0 fully saturated rings. The number of nitro groups is 1. The molecule has 0 aliphatic rings. The van der Waals surface area contributed by atoms with E-state index in [-0.39, 0.29) is 11.3 Å². The fraction of sp³-hybridized carbons (Fsp3) is 0.0714. The molecule has 2 aromatic rings. The summed E-state index contributed by atoms with van der Waals surface area (Å²) in [6.07, 6.45) is 0. The molecule has 2 aromatic carbocycles. The van der Waals surface area contributed by atoms with Gasteiger partial charge in [0.25, 0.3) is 5.69 Å². The molecule has 0 N–H and O–H groups in total. The van der Waals surface area contributed by atoms with E-state index in [9.17, 15) is 14.5 Å². The van der Waals surface area contributed by atoms with Gasteiger partial charge in [-0.2, -0.15) is 5.26 Å². The van der Waals surface area contributed by atoms with E-state index in [1.165, 1.54) is 24.3 Å². The lowest BCUT2D eigenvalue weighted by Crippen LogP contribution is -2.10. The minimum absolute atomic E-state index is 0.00797. The lowest BCUT2D eigenvalue weighted by atomic mass is 10.1. The third kappa shape index (κ3) is 2.57. The Morgan fingerprint density at radius 2 is 1.95 bits per heavy atom. The topological polar surface area (TPSA) is 70.2 Å². The van der Waals surface area contributed by atoms with E-state index in [4.69, 9.17) is 5.26 Å². The Labute approximate surface area is 114 Å². The van der Waals surface area contributed by atoms with Gasteiger partial charge in [-0.25, -0.2) is 4.39 Å². The second kappa shape index (κ2) is 5.36. The van der Waals surface area contributed by atoms with Crippen molar-refractivity contribution in [2.45, 2.75) is 0 Å². The van der Waals surface area contributed by atoms with Crippen LogP contribution < -0.4 is 4.90 Å². The molecule has 100 valence electrons. The van der Waals surface area contributed by atoms with Gasteiger partial charge in [0.2, 0.25) is 0 Å². The molecule has 0 bridgehead atoms. The van der Waals surface area contributed by atoms with Crippen LogP contribution in [-0.4, -0.2) is 12.0 Å². The van der Waals surface area contributed by atoms with Gasteiger partial charge in [-0.1, -0.05) is 6.07 Å². The molecule has 0 heterocycles. The quantitative estimate of drug-likeness (QED) is 0.633. The molecule has 0 atom stereocenters. The Balaban J connectivity index is 2.46. The zero-order valence-corrected chi connectivity index (χ0v) is 10.6. The van der Waals surface area contributed by atoms with Crippen molar-refractivity contribution < 1.29 is 9.31 Å². The number of halogens is 1. The summed E-state index contributed by atoms with van der Waals surface area (Å²) in [6, 6.07) is 11.9. The normalized spacial score (nSPS) is 9.85. The van der Waals surface area contributed by atoms with Crippen LogP contribution in [0, 0.1) is 27.3 Å². The van der Waals surface area contributed by atoms with Gasteiger partial charge in [-0.15, -0.1) is 0 Å². The summed E-state index contributed by atoms with van der Waals surface area (Å²) < 4.78 is 13.2. The summed E-state index contributed by atoms with van der Waals surface area (Å²) in [4.78, 5) is 11.9. The molecular formula is C14H10FN3O2. The zero-order chi connectivity index (χ0) is 14.7. The van der Waals surface area contributed by atoms with E-state index in [1.807, 2.05) is 0 Å². The minimum Gasteiger partial charge on any atom is -0.344 e. The minimum atomic E-state index is -0.610. The second-order valence-corrected chi connectivity index (χ2v) is 4.11. The highest BCUT2D eigenvalue weighted by Gasteiger charge is 2.16. The molecule has 0 aromatic heterocycles. The Kier molecular flexibility index (Phi) is 3.62. The Morgan fingerprint density at radius 1 is 1.25 bits per heavy atom. The van der Waals surface area contributed by atoms with Crippen LogP contribution >= 0.6 is 0 Å². The highest BCUT2D eigenvalue weighted by atomic mass is 19.1. The highest BCUT2D eigenvalue weighted by molar-refractivity contribution is 5.67. The van der Waals surface area contributed by atoms with E-state index in [2.05, 4.69) is 0 Å². The summed E-state index contributed by atoms with van der Waals surface area (Å²) in [5.41, 5.74) is 0.782. The number of hydrogen-bond acceptors (Lipinski definition) is 4. The van der Waals surface area contributed by atoms with Gasteiger partial charge < -0.3 is 4.90 Å². The Hall–Kier alpha value is -2.94. The summed E-state index contributed by atoms with van der Waals surface area (Å²) in [6.45, 7) is 0. The van der Waals surface area contributed by atoms with Crippen LogP contribution in [0.15, 0.2) is 42.5 Å². The molecule has 0 aliphatic carbocycles. The maximum absolute atomic E-state index is 13.2. The van der Waals surface area contributed by atoms with Gasteiger partial charge in [0.1, 0.15) is 17.4 Å². The molecule has 0 amide bonds. The number of rotatable bonds is 3. The molecule has 0 spiro atoms. The fourth-order valence-corrected chi connectivity index (χ4v) is 1.81. The first kappa shape index (κ1) is 13.5. The van der Waals surface area contributed by atoms with Crippen LogP contribution in [0.1, 0.15) is 5.56 Å². The summed E-state index contributed by atoms with van der Waals surface area (Å²) in [5.74, 6) is -0.391. The average molecular weight is 271 g/mol. The molecule has 6 heteroatoms. The first-order valence-corrected chi connectivity index (χ1v) is 5.71. The molecule has 20 heavy (non-hydrogen) atoms. The summed E-state index contributed by atoms with van der Waals surface area (Å²) in [7, 11) is 1.67. The number of nitrogens with zero attached hydrogens (tertiary/aromatic N) is 3. The third-order valence-electron chi connectivity index (χ3n) is 2.88. The SMILES string of the molecule is CN(c1cccc(F)c1)c1ccc(C#N)c([N+](=O)[O-])c1. The van der Waals surface area contributed by atoms with Gasteiger partial charge in [0.05, 0.1) is 4.92 Å². The first-order valence-electron chi connectivity index (χ1n) is 5.71. The lowest BCUT2D eigenvalue weighted by molar-refractivity contribution is -0.385. The van der Waals surface area contributed by atoms with Crippen molar-refractivity contribution in [2.75, 3.05) is 11.9 Å². The zero-order valence-electron chi connectivity index (χ0n) is 10.6. The van der Waals surface area contributed by atoms with Gasteiger partial charge in [-0.05, 0) is 30.3 Å². The maximum atomic E-state index is 13.2. The van der Waals surface area contributed by atoms with E-state index >= 15 is 0 Å². The molecule has 2 rings (SSSR count).